The molecule has 0 aliphatic heterocycles. The second-order valence-electron chi connectivity index (χ2n) is 4.68. The van der Waals surface area contributed by atoms with Crippen LogP contribution in [0.15, 0.2) is 18.2 Å². The number of carbonyl (C=O) groups is 1. The van der Waals surface area contributed by atoms with Crippen molar-refractivity contribution < 1.29 is 32.5 Å². The van der Waals surface area contributed by atoms with Crippen LogP contribution in [0.2, 0.25) is 0 Å². The highest BCUT2D eigenvalue weighted by atomic mass is 19.4. The zero-order valence-corrected chi connectivity index (χ0v) is 12.9. The average molecular weight is 351 g/mol. The summed E-state index contributed by atoms with van der Waals surface area (Å²) in [5.41, 5.74) is 4.42. The fraction of sp³-hybridized carbons (Fsp3) is 0.500. The Morgan fingerprint density at radius 2 is 1.75 bits per heavy atom. The predicted octanol–water partition coefficient (Wildman–Crippen LogP) is 2.00. The fourth-order valence-electron chi connectivity index (χ4n) is 1.73. The van der Waals surface area contributed by atoms with Crippen molar-refractivity contribution in [2.75, 3.05) is 50.6 Å². The molecule has 0 saturated carbocycles. The first-order valence-corrected chi connectivity index (χ1v) is 7.13. The maximum atomic E-state index is 12.7. The van der Waals surface area contributed by atoms with E-state index in [1.54, 1.807) is 0 Å². The molecular weight excluding hydrogens is 331 g/mol. The minimum atomic E-state index is -4.49. The summed E-state index contributed by atoms with van der Waals surface area (Å²) in [5, 5.41) is 13.3. The van der Waals surface area contributed by atoms with Gasteiger partial charge in [0.25, 0.3) is 0 Å². The van der Waals surface area contributed by atoms with Crippen LogP contribution in [0.1, 0.15) is 5.56 Å². The molecule has 0 bridgehead atoms. The highest BCUT2D eigenvalue weighted by molar-refractivity contribution is 5.64. The van der Waals surface area contributed by atoms with E-state index in [4.69, 9.17) is 20.3 Å². The van der Waals surface area contributed by atoms with Crippen molar-refractivity contribution in [2.45, 2.75) is 6.18 Å². The van der Waals surface area contributed by atoms with E-state index in [1.165, 1.54) is 12.1 Å². The third-order valence-electron chi connectivity index (χ3n) is 2.83. The van der Waals surface area contributed by atoms with Crippen LogP contribution in [-0.2, 0) is 15.7 Å². The molecule has 136 valence electrons. The molecular formula is C14H20F3N3O4. The first-order chi connectivity index (χ1) is 11.3. The number of anilines is 2. The van der Waals surface area contributed by atoms with Gasteiger partial charge in [-0.2, -0.15) is 13.2 Å². The van der Waals surface area contributed by atoms with E-state index in [9.17, 15) is 18.0 Å². The Labute approximate surface area is 136 Å². The van der Waals surface area contributed by atoms with Gasteiger partial charge in [0, 0.05) is 24.5 Å². The SMILES string of the molecule is Nc1ccc(NCCOCCOCCNC(=O)O)cc1C(F)(F)F. The van der Waals surface area contributed by atoms with Gasteiger partial charge in [0.05, 0.1) is 32.0 Å². The number of ether oxygens (including phenoxy) is 2. The lowest BCUT2D eigenvalue weighted by atomic mass is 10.1. The third kappa shape index (κ3) is 7.88. The molecule has 0 saturated heterocycles. The maximum absolute atomic E-state index is 12.7. The largest absolute Gasteiger partial charge is 0.465 e. The molecule has 24 heavy (non-hydrogen) atoms. The molecule has 0 radical (unpaired) electrons. The second-order valence-corrected chi connectivity index (χ2v) is 4.68. The normalized spacial score (nSPS) is 11.3. The van der Waals surface area contributed by atoms with Crippen LogP contribution in [0.25, 0.3) is 0 Å². The van der Waals surface area contributed by atoms with Gasteiger partial charge in [0.2, 0.25) is 0 Å². The number of nitrogen functional groups attached to an aromatic ring is 1. The molecule has 0 aliphatic rings. The lowest BCUT2D eigenvalue weighted by Gasteiger charge is -2.13. The summed E-state index contributed by atoms with van der Waals surface area (Å²) >= 11 is 0. The van der Waals surface area contributed by atoms with E-state index in [1.807, 2.05) is 0 Å². The van der Waals surface area contributed by atoms with Gasteiger partial charge in [-0.05, 0) is 18.2 Å². The van der Waals surface area contributed by atoms with Crippen LogP contribution >= 0.6 is 0 Å². The van der Waals surface area contributed by atoms with Crippen LogP contribution in [0.3, 0.4) is 0 Å². The molecule has 1 amide bonds. The van der Waals surface area contributed by atoms with Crippen molar-refractivity contribution in [3.63, 3.8) is 0 Å². The van der Waals surface area contributed by atoms with E-state index < -0.39 is 17.8 Å². The predicted molar refractivity (Wildman–Crippen MR) is 82.0 cm³/mol. The summed E-state index contributed by atoms with van der Waals surface area (Å²) in [6, 6.07) is 3.61. The fourth-order valence-corrected chi connectivity index (χ4v) is 1.73. The van der Waals surface area contributed by atoms with Crippen molar-refractivity contribution in [3.05, 3.63) is 23.8 Å². The minimum absolute atomic E-state index is 0.190. The van der Waals surface area contributed by atoms with Gasteiger partial charge >= 0.3 is 12.3 Å². The highest BCUT2D eigenvalue weighted by Crippen LogP contribution is 2.34. The van der Waals surface area contributed by atoms with Crippen molar-refractivity contribution >= 4 is 17.5 Å². The molecule has 10 heteroatoms. The number of benzene rings is 1. The number of rotatable bonds is 10. The van der Waals surface area contributed by atoms with Crippen molar-refractivity contribution in [3.8, 4) is 0 Å². The first kappa shape index (κ1) is 19.8. The van der Waals surface area contributed by atoms with E-state index in [0.717, 1.165) is 6.07 Å². The molecule has 5 N–H and O–H groups in total. The molecule has 1 rings (SSSR count). The first-order valence-electron chi connectivity index (χ1n) is 7.13. The zero-order chi connectivity index (χ0) is 18.0. The summed E-state index contributed by atoms with van der Waals surface area (Å²) in [6.07, 6.45) is -5.61. The molecule has 0 aromatic heterocycles. The summed E-state index contributed by atoms with van der Waals surface area (Å²) in [4.78, 5) is 10.2. The monoisotopic (exact) mass is 351 g/mol. The Hall–Kier alpha value is -2.20. The van der Waals surface area contributed by atoms with Crippen LogP contribution in [0.5, 0.6) is 0 Å². The number of alkyl halides is 3. The lowest BCUT2D eigenvalue weighted by Crippen LogP contribution is -2.25. The van der Waals surface area contributed by atoms with Crippen molar-refractivity contribution in [1.29, 1.82) is 0 Å². The smallest absolute Gasteiger partial charge is 0.418 e. The average Bonchev–Trinajstić information content (AvgIpc) is 2.49. The van der Waals surface area contributed by atoms with Gasteiger partial charge in [-0.1, -0.05) is 0 Å². The van der Waals surface area contributed by atoms with Crippen LogP contribution in [0, 0.1) is 0 Å². The number of hydrogen-bond donors (Lipinski definition) is 4. The molecule has 0 spiro atoms. The summed E-state index contributed by atoms with van der Waals surface area (Å²) < 4.78 is 48.5. The number of carboxylic acid groups (broad SMARTS) is 1. The molecule has 0 heterocycles. The Bertz CT molecular complexity index is 526. The Morgan fingerprint density at radius 1 is 1.12 bits per heavy atom. The second kappa shape index (κ2) is 9.83. The number of hydrogen-bond acceptors (Lipinski definition) is 5. The Morgan fingerprint density at radius 3 is 2.33 bits per heavy atom. The van der Waals surface area contributed by atoms with E-state index in [2.05, 4.69) is 10.6 Å². The summed E-state index contributed by atoms with van der Waals surface area (Å²) in [7, 11) is 0. The summed E-state index contributed by atoms with van der Waals surface area (Å²) in [6.45, 7) is 1.62. The Kier molecular flexibility index (Phi) is 8.13. The topological polar surface area (TPSA) is 106 Å². The minimum Gasteiger partial charge on any atom is -0.465 e. The number of nitrogens with one attached hydrogen (secondary N) is 2. The van der Waals surface area contributed by atoms with Crippen LogP contribution in [-0.4, -0.2) is 50.7 Å². The van der Waals surface area contributed by atoms with Gasteiger partial charge in [-0.25, -0.2) is 4.79 Å². The molecule has 7 nitrogen and oxygen atoms in total. The van der Waals surface area contributed by atoms with Crippen molar-refractivity contribution in [2.24, 2.45) is 0 Å². The quantitative estimate of drug-likeness (QED) is 0.380. The van der Waals surface area contributed by atoms with Gasteiger partial charge in [0.1, 0.15) is 0 Å². The molecule has 0 fully saturated rings. The highest BCUT2D eigenvalue weighted by Gasteiger charge is 2.33. The molecule has 1 aromatic rings. The van der Waals surface area contributed by atoms with Gasteiger partial charge in [0.15, 0.2) is 0 Å². The number of amides is 1. The van der Waals surface area contributed by atoms with Crippen LogP contribution < -0.4 is 16.4 Å². The molecule has 0 aliphatic carbocycles. The van der Waals surface area contributed by atoms with Gasteiger partial charge in [-0.3, -0.25) is 0 Å². The van der Waals surface area contributed by atoms with Crippen LogP contribution in [0.4, 0.5) is 29.3 Å². The lowest BCUT2D eigenvalue weighted by molar-refractivity contribution is -0.136. The standard InChI is InChI=1S/C14H20F3N3O4/c15-14(16,17)11-9-10(1-2-12(11)18)19-3-5-23-7-8-24-6-4-20-13(21)22/h1-2,9,19-20H,3-8,18H2,(H,21,22). The Balaban J connectivity index is 2.14. The molecule has 0 unspecified atom stereocenters. The van der Waals surface area contributed by atoms with Gasteiger partial charge in [-0.15, -0.1) is 0 Å². The zero-order valence-electron chi connectivity index (χ0n) is 12.9. The third-order valence-corrected chi connectivity index (χ3v) is 2.83. The maximum Gasteiger partial charge on any atom is 0.418 e. The van der Waals surface area contributed by atoms with E-state index in [-0.39, 0.29) is 25.4 Å². The van der Waals surface area contributed by atoms with Gasteiger partial charge < -0.3 is 30.9 Å². The number of halogens is 3. The summed E-state index contributed by atoms with van der Waals surface area (Å²) in [5.74, 6) is 0. The van der Waals surface area contributed by atoms with E-state index >= 15 is 0 Å². The van der Waals surface area contributed by atoms with Crippen molar-refractivity contribution in [1.82, 2.24) is 5.32 Å². The molecule has 0 atom stereocenters. The van der Waals surface area contributed by atoms with E-state index in [0.29, 0.717) is 25.4 Å². The molecule has 1 aromatic carbocycles. The number of nitrogens with two attached hydrogens (primary N) is 1.